The summed E-state index contributed by atoms with van der Waals surface area (Å²) in [6.07, 6.45) is 4.60. The molecule has 1 saturated heterocycles. The highest BCUT2D eigenvalue weighted by Gasteiger charge is 2.24. The molecule has 3 amide bonds. The number of anilines is 2. The van der Waals surface area contributed by atoms with Gasteiger partial charge in [0.05, 0.1) is 29.4 Å². The van der Waals surface area contributed by atoms with E-state index in [9.17, 15) is 14.4 Å². The van der Waals surface area contributed by atoms with Gasteiger partial charge in [-0.2, -0.15) is 5.26 Å². The molecule has 0 radical (unpaired) electrons. The molecule has 2 aliphatic rings. The number of carbonyl (C=O) groups excluding carboxylic acids is 3. The summed E-state index contributed by atoms with van der Waals surface area (Å²) >= 11 is 0. The first-order chi connectivity index (χ1) is 20.9. The van der Waals surface area contributed by atoms with Crippen molar-refractivity contribution in [2.24, 2.45) is 5.73 Å². The number of carbonyl (C=O) groups is 3. The lowest BCUT2D eigenvalue weighted by Crippen LogP contribution is -2.40. The third-order valence-corrected chi connectivity index (χ3v) is 8.28. The number of nitrogens with two attached hydrogens (primary N) is 1. The fraction of sp³-hybridized carbons (Fsp3) is 0.353. The molecule has 43 heavy (non-hydrogen) atoms. The zero-order chi connectivity index (χ0) is 30.2. The molecular formula is C34H38N6O3. The smallest absolute Gasteiger partial charge is 0.255 e. The number of nitriles is 1. The van der Waals surface area contributed by atoms with E-state index >= 15 is 0 Å². The zero-order valence-electron chi connectivity index (χ0n) is 24.3. The zero-order valence-corrected chi connectivity index (χ0v) is 24.3. The van der Waals surface area contributed by atoms with Crippen LogP contribution < -0.4 is 21.3 Å². The molecule has 0 spiro atoms. The molecule has 9 nitrogen and oxygen atoms in total. The summed E-state index contributed by atoms with van der Waals surface area (Å²) in [7, 11) is 0. The second-order valence-corrected chi connectivity index (χ2v) is 11.3. The fourth-order valence-corrected chi connectivity index (χ4v) is 5.77. The third kappa shape index (κ3) is 7.79. The van der Waals surface area contributed by atoms with Gasteiger partial charge in [-0.3, -0.25) is 14.4 Å². The van der Waals surface area contributed by atoms with Crippen molar-refractivity contribution in [2.45, 2.75) is 50.6 Å². The van der Waals surface area contributed by atoms with Gasteiger partial charge in [0.15, 0.2) is 0 Å². The minimum atomic E-state index is -0.334. The van der Waals surface area contributed by atoms with Gasteiger partial charge in [0.1, 0.15) is 0 Å². The Kier molecular flexibility index (Phi) is 9.70. The van der Waals surface area contributed by atoms with E-state index in [1.165, 1.54) is 0 Å². The van der Waals surface area contributed by atoms with Crippen molar-refractivity contribution >= 4 is 29.1 Å². The van der Waals surface area contributed by atoms with E-state index in [1.807, 2.05) is 41.3 Å². The first kappa shape index (κ1) is 29.8. The van der Waals surface area contributed by atoms with Crippen molar-refractivity contribution in [2.75, 3.05) is 36.4 Å². The number of amides is 3. The summed E-state index contributed by atoms with van der Waals surface area (Å²) in [5.74, 6) is -0.424. The first-order valence-corrected chi connectivity index (χ1v) is 15.0. The lowest BCUT2D eigenvalue weighted by atomic mass is 9.91. The van der Waals surface area contributed by atoms with Gasteiger partial charge in [-0.1, -0.05) is 30.3 Å². The van der Waals surface area contributed by atoms with Gasteiger partial charge in [-0.05, 0) is 80.1 Å². The molecule has 0 bridgehead atoms. The third-order valence-electron chi connectivity index (χ3n) is 8.28. The normalized spacial score (nSPS) is 18.7. The fourth-order valence-electron chi connectivity index (χ4n) is 5.77. The topological polar surface area (TPSA) is 132 Å². The van der Waals surface area contributed by atoms with E-state index in [0.29, 0.717) is 55.0 Å². The number of rotatable bonds is 7. The molecular weight excluding hydrogens is 540 g/mol. The monoisotopic (exact) mass is 578 g/mol. The van der Waals surface area contributed by atoms with E-state index in [1.54, 1.807) is 36.4 Å². The SMILES string of the molecule is N#Cc1ccc(C(=O)Nc2cc(C(=O)NC3CCC(N)CC3)ccc2N2CCCN(C(=O)Cc3ccccc3)CC2)cc1. The van der Waals surface area contributed by atoms with Crippen LogP contribution in [0.25, 0.3) is 0 Å². The van der Waals surface area contributed by atoms with E-state index < -0.39 is 0 Å². The summed E-state index contributed by atoms with van der Waals surface area (Å²) in [4.78, 5) is 43.6. The Morgan fingerprint density at radius 1 is 0.837 bits per heavy atom. The van der Waals surface area contributed by atoms with Crippen LogP contribution in [-0.2, 0) is 11.2 Å². The standard InChI is InChI=1S/C34H38N6O3/c35-23-25-7-9-26(10-8-25)33(42)38-30-22-27(34(43)37-29-14-12-28(36)13-15-29)11-16-31(30)39-17-4-18-40(20-19-39)32(41)21-24-5-2-1-3-6-24/h1-3,5-11,16,22,28-29H,4,12-15,17-21,36H2,(H,37,43)(H,38,42). The van der Waals surface area contributed by atoms with Gasteiger partial charge >= 0.3 is 0 Å². The molecule has 222 valence electrons. The van der Waals surface area contributed by atoms with E-state index in [2.05, 4.69) is 21.6 Å². The predicted molar refractivity (Wildman–Crippen MR) is 167 cm³/mol. The molecule has 1 heterocycles. The molecule has 0 aromatic heterocycles. The Morgan fingerprint density at radius 2 is 1.56 bits per heavy atom. The molecule has 1 saturated carbocycles. The maximum atomic E-state index is 13.3. The highest BCUT2D eigenvalue weighted by atomic mass is 16.2. The Bertz CT molecular complexity index is 1480. The molecule has 1 aliphatic heterocycles. The van der Waals surface area contributed by atoms with Crippen LogP contribution in [0.3, 0.4) is 0 Å². The van der Waals surface area contributed by atoms with Crippen LogP contribution in [0.15, 0.2) is 72.8 Å². The Hall–Kier alpha value is -4.68. The van der Waals surface area contributed by atoms with Crippen molar-refractivity contribution in [1.82, 2.24) is 10.2 Å². The highest BCUT2D eigenvalue weighted by molar-refractivity contribution is 6.07. The Labute approximate surface area is 252 Å². The number of hydrogen-bond acceptors (Lipinski definition) is 6. The van der Waals surface area contributed by atoms with Gasteiger partial charge in [0.2, 0.25) is 5.91 Å². The number of nitrogens with zero attached hydrogens (tertiary/aromatic N) is 3. The van der Waals surface area contributed by atoms with Crippen LogP contribution in [0.2, 0.25) is 0 Å². The molecule has 4 N–H and O–H groups in total. The molecule has 3 aromatic carbocycles. The quantitative estimate of drug-likeness (QED) is 0.387. The van der Waals surface area contributed by atoms with Gasteiger partial charge in [-0.15, -0.1) is 0 Å². The molecule has 3 aromatic rings. The maximum absolute atomic E-state index is 13.3. The van der Waals surface area contributed by atoms with E-state index in [0.717, 1.165) is 43.4 Å². The minimum absolute atomic E-state index is 0.0775. The summed E-state index contributed by atoms with van der Waals surface area (Å²) in [6, 6.07) is 23.9. The van der Waals surface area contributed by atoms with E-state index in [-0.39, 0.29) is 29.8 Å². The van der Waals surface area contributed by atoms with Gasteiger partial charge < -0.3 is 26.2 Å². The summed E-state index contributed by atoms with van der Waals surface area (Å²) in [5.41, 5.74) is 9.68. The lowest BCUT2D eigenvalue weighted by Gasteiger charge is -2.28. The second kappa shape index (κ2) is 14.0. The van der Waals surface area contributed by atoms with Crippen LogP contribution in [0.4, 0.5) is 11.4 Å². The van der Waals surface area contributed by atoms with Crippen LogP contribution in [0, 0.1) is 11.3 Å². The van der Waals surface area contributed by atoms with Crippen LogP contribution in [-0.4, -0.2) is 60.9 Å². The lowest BCUT2D eigenvalue weighted by molar-refractivity contribution is -0.130. The van der Waals surface area contributed by atoms with Crippen molar-refractivity contribution in [3.05, 3.63) is 95.1 Å². The van der Waals surface area contributed by atoms with Gasteiger partial charge in [-0.25, -0.2) is 0 Å². The van der Waals surface area contributed by atoms with Crippen molar-refractivity contribution < 1.29 is 14.4 Å². The summed E-state index contributed by atoms with van der Waals surface area (Å²) < 4.78 is 0. The molecule has 0 atom stereocenters. The molecule has 1 aliphatic carbocycles. The number of benzene rings is 3. The highest BCUT2D eigenvalue weighted by Crippen LogP contribution is 2.30. The van der Waals surface area contributed by atoms with Gasteiger partial charge in [0.25, 0.3) is 11.8 Å². The largest absolute Gasteiger partial charge is 0.368 e. The minimum Gasteiger partial charge on any atom is -0.368 e. The summed E-state index contributed by atoms with van der Waals surface area (Å²) in [6.45, 7) is 2.50. The van der Waals surface area contributed by atoms with E-state index in [4.69, 9.17) is 11.0 Å². The predicted octanol–water partition coefficient (Wildman–Crippen LogP) is 4.09. The van der Waals surface area contributed by atoms with Crippen LogP contribution in [0.5, 0.6) is 0 Å². The number of nitrogens with one attached hydrogen (secondary N) is 2. The number of hydrogen-bond donors (Lipinski definition) is 3. The van der Waals surface area contributed by atoms with Crippen LogP contribution in [0.1, 0.15) is 63.9 Å². The molecule has 9 heteroatoms. The molecule has 0 unspecified atom stereocenters. The molecule has 5 rings (SSSR count). The maximum Gasteiger partial charge on any atom is 0.255 e. The van der Waals surface area contributed by atoms with Crippen LogP contribution >= 0.6 is 0 Å². The molecule has 2 fully saturated rings. The van der Waals surface area contributed by atoms with Crippen molar-refractivity contribution in [1.29, 1.82) is 5.26 Å². The average molecular weight is 579 g/mol. The average Bonchev–Trinajstić information content (AvgIpc) is 3.29. The summed E-state index contributed by atoms with van der Waals surface area (Å²) in [5, 5.41) is 15.3. The van der Waals surface area contributed by atoms with Crippen molar-refractivity contribution in [3.63, 3.8) is 0 Å². The van der Waals surface area contributed by atoms with Gasteiger partial charge in [0, 0.05) is 49.4 Å². The van der Waals surface area contributed by atoms with Crippen molar-refractivity contribution in [3.8, 4) is 6.07 Å². The first-order valence-electron chi connectivity index (χ1n) is 15.0. The second-order valence-electron chi connectivity index (χ2n) is 11.3. The Balaban J connectivity index is 1.34. The Morgan fingerprint density at radius 3 is 2.28 bits per heavy atom.